The van der Waals surface area contributed by atoms with Crippen molar-refractivity contribution in [2.24, 2.45) is 0 Å². The van der Waals surface area contributed by atoms with Gasteiger partial charge in [0.15, 0.2) is 0 Å². The summed E-state index contributed by atoms with van der Waals surface area (Å²) in [4.78, 5) is 24.2. The van der Waals surface area contributed by atoms with Gasteiger partial charge in [-0.3, -0.25) is 9.59 Å². The number of hydrogen-bond acceptors (Lipinski definition) is 4. The van der Waals surface area contributed by atoms with Gasteiger partial charge in [-0.1, -0.05) is 48.5 Å². The number of nitrogens with one attached hydrogen (secondary N) is 2. The Balaban J connectivity index is 1.69. The lowest BCUT2D eigenvalue weighted by Gasteiger charge is -2.10. The van der Waals surface area contributed by atoms with Crippen molar-refractivity contribution in [1.82, 2.24) is 20.4 Å². The molecule has 7 nitrogen and oxygen atoms in total. The van der Waals surface area contributed by atoms with Crippen LogP contribution in [0.2, 0.25) is 0 Å². The van der Waals surface area contributed by atoms with E-state index in [1.54, 1.807) is 11.6 Å². The average molecular weight is 373 g/mol. The first-order chi connectivity index (χ1) is 13.6. The number of nitrogens with zero attached hydrogens (tertiary/aromatic N) is 3. The summed E-state index contributed by atoms with van der Waals surface area (Å²) < 4.78 is 1.61. The van der Waals surface area contributed by atoms with E-state index >= 15 is 0 Å². The highest BCUT2D eigenvalue weighted by molar-refractivity contribution is 6.35. The molecule has 0 aliphatic rings. The van der Waals surface area contributed by atoms with Gasteiger partial charge in [-0.05, 0) is 24.6 Å². The minimum Gasteiger partial charge on any atom is -0.344 e. The molecule has 0 aliphatic heterocycles. The zero-order valence-electron chi connectivity index (χ0n) is 15.3. The van der Waals surface area contributed by atoms with Gasteiger partial charge in [-0.15, -0.1) is 0 Å². The molecule has 0 fully saturated rings. The number of amides is 2. The average Bonchev–Trinajstić information content (AvgIpc) is 3.06. The van der Waals surface area contributed by atoms with Crippen molar-refractivity contribution < 1.29 is 9.59 Å². The van der Waals surface area contributed by atoms with Crippen LogP contribution in [0.1, 0.15) is 22.5 Å². The summed E-state index contributed by atoms with van der Waals surface area (Å²) in [6.07, 6.45) is 0. The molecule has 1 aromatic heterocycles. The molecule has 0 atom stereocenters. The Labute approximate surface area is 162 Å². The van der Waals surface area contributed by atoms with Crippen LogP contribution in [-0.2, 0) is 22.7 Å². The number of para-hydroxylation sites is 1. The van der Waals surface area contributed by atoms with Gasteiger partial charge in [0, 0.05) is 6.54 Å². The molecule has 2 amide bonds. The van der Waals surface area contributed by atoms with Crippen LogP contribution in [0.4, 0.5) is 0 Å². The van der Waals surface area contributed by atoms with E-state index in [2.05, 4.69) is 21.8 Å². The van der Waals surface area contributed by atoms with Crippen LogP contribution in [0.15, 0.2) is 60.7 Å². The van der Waals surface area contributed by atoms with Crippen molar-refractivity contribution in [2.75, 3.05) is 0 Å². The van der Waals surface area contributed by atoms with E-state index in [0.717, 1.165) is 11.3 Å². The molecule has 0 radical (unpaired) electrons. The minimum atomic E-state index is -0.765. The Kier molecular flexibility index (Phi) is 5.82. The SMILES string of the molecule is Cc1nn(-c2ccccc2)c(CNC(=O)C(=O)NCc2ccccc2)c1C#N. The first kappa shape index (κ1) is 18.9. The van der Waals surface area contributed by atoms with Crippen LogP contribution >= 0.6 is 0 Å². The molecule has 0 bridgehead atoms. The molecular formula is C21H19N5O2. The van der Waals surface area contributed by atoms with Gasteiger partial charge < -0.3 is 10.6 Å². The first-order valence-electron chi connectivity index (χ1n) is 8.74. The van der Waals surface area contributed by atoms with E-state index in [1.165, 1.54) is 0 Å². The van der Waals surface area contributed by atoms with Gasteiger partial charge in [-0.25, -0.2) is 4.68 Å². The second-order valence-electron chi connectivity index (χ2n) is 6.12. The summed E-state index contributed by atoms with van der Waals surface area (Å²) in [7, 11) is 0. The van der Waals surface area contributed by atoms with Crippen molar-refractivity contribution in [3.63, 3.8) is 0 Å². The molecule has 140 valence electrons. The van der Waals surface area contributed by atoms with Gasteiger partial charge in [0.2, 0.25) is 0 Å². The third-order valence-corrected chi connectivity index (χ3v) is 4.19. The van der Waals surface area contributed by atoms with Gasteiger partial charge >= 0.3 is 11.8 Å². The number of carbonyl (C=O) groups is 2. The van der Waals surface area contributed by atoms with E-state index in [0.29, 0.717) is 17.0 Å². The molecule has 28 heavy (non-hydrogen) atoms. The summed E-state index contributed by atoms with van der Waals surface area (Å²) in [6, 6.07) is 20.7. The van der Waals surface area contributed by atoms with Gasteiger partial charge in [0.05, 0.1) is 29.2 Å². The van der Waals surface area contributed by atoms with Crippen molar-refractivity contribution in [3.05, 3.63) is 83.2 Å². The van der Waals surface area contributed by atoms with Crippen LogP contribution in [-0.4, -0.2) is 21.6 Å². The summed E-state index contributed by atoms with van der Waals surface area (Å²) >= 11 is 0. The predicted octanol–water partition coefficient (Wildman–Crippen LogP) is 1.98. The Morgan fingerprint density at radius 2 is 1.54 bits per heavy atom. The number of carbonyl (C=O) groups excluding carboxylic acids is 2. The zero-order chi connectivity index (χ0) is 19.9. The predicted molar refractivity (Wildman–Crippen MR) is 103 cm³/mol. The van der Waals surface area contributed by atoms with E-state index in [9.17, 15) is 14.9 Å². The molecule has 3 aromatic rings. The zero-order valence-corrected chi connectivity index (χ0v) is 15.3. The maximum absolute atomic E-state index is 12.2. The first-order valence-corrected chi connectivity index (χ1v) is 8.74. The van der Waals surface area contributed by atoms with E-state index in [4.69, 9.17) is 0 Å². The smallest absolute Gasteiger partial charge is 0.309 e. The van der Waals surface area contributed by atoms with Crippen LogP contribution < -0.4 is 10.6 Å². The van der Waals surface area contributed by atoms with E-state index in [-0.39, 0.29) is 13.1 Å². The van der Waals surface area contributed by atoms with Gasteiger partial charge in [0.1, 0.15) is 6.07 Å². The lowest BCUT2D eigenvalue weighted by atomic mass is 10.2. The van der Waals surface area contributed by atoms with Gasteiger partial charge in [0.25, 0.3) is 0 Å². The molecule has 1 heterocycles. The molecule has 2 aromatic carbocycles. The Hall–Kier alpha value is -3.92. The molecule has 0 saturated heterocycles. The third kappa shape index (κ3) is 4.24. The molecule has 0 saturated carbocycles. The minimum absolute atomic E-state index is 0.0101. The largest absolute Gasteiger partial charge is 0.344 e. The number of aryl methyl sites for hydroxylation is 1. The van der Waals surface area contributed by atoms with E-state index < -0.39 is 11.8 Å². The summed E-state index contributed by atoms with van der Waals surface area (Å²) in [5.41, 5.74) is 3.13. The fourth-order valence-electron chi connectivity index (χ4n) is 2.77. The van der Waals surface area contributed by atoms with Crippen LogP contribution in [0, 0.1) is 18.3 Å². The molecule has 0 spiro atoms. The molecule has 2 N–H and O–H groups in total. The lowest BCUT2D eigenvalue weighted by Crippen LogP contribution is -2.39. The number of nitriles is 1. The van der Waals surface area contributed by atoms with Crippen molar-refractivity contribution in [3.8, 4) is 11.8 Å². The third-order valence-electron chi connectivity index (χ3n) is 4.19. The maximum atomic E-state index is 12.2. The van der Waals surface area contributed by atoms with Crippen molar-refractivity contribution >= 4 is 11.8 Å². The van der Waals surface area contributed by atoms with Crippen LogP contribution in [0.3, 0.4) is 0 Å². The molecule has 0 aliphatic carbocycles. The lowest BCUT2D eigenvalue weighted by molar-refractivity contribution is -0.139. The van der Waals surface area contributed by atoms with Crippen LogP contribution in [0.5, 0.6) is 0 Å². The van der Waals surface area contributed by atoms with Gasteiger partial charge in [-0.2, -0.15) is 10.4 Å². The summed E-state index contributed by atoms with van der Waals surface area (Å²) in [6.45, 7) is 2.00. The fourth-order valence-corrected chi connectivity index (χ4v) is 2.77. The highest BCUT2D eigenvalue weighted by Gasteiger charge is 2.19. The second-order valence-corrected chi connectivity index (χ2v) is 6.12. The van der Waals surface area contributed by atoms with Crippen LogP contribution in [0.25, 0.3) is 5.69 Å². The number of aromatic nitrogens is 2. The normalized spacial score (nSPS) is 10.1. The standard InChI is InChI=1S/C21H19N5O2/c1-15-18(12-22)19(26(25-15)17-10-6-3-7-11-17)14-24-21(28)20(27)23-13-16-8-4-2-5-9-16/h2-11H,13-14H2,1H3,(H,23,27)(H,24,28). The topological polar surface area (TPSA) is 99.8 Å². The number of hydrogen-bond donors (Lipinski definition) is 2. The fraction of sp³-hybridized carbons (Fsp3) is 0.143. The highest BCUT2D eigenvalue weighted by atomic mass is 16.2. The summed E-state index contributed by atoms with van der Waals surface area (Å²) in [5.74, 6) is -1.50. The molecular weight excluding hydrogens is 354 g/mol. The molecule has 0 unspecified atom stereocenters. The Morgan fingerprint density at radius 3 is 2.14 bits per heavy atom. The quantitative estimate of drug-likeness (QED) is 0.668. The maximum Gasteiger partial charge on any atom is 0.309 e. The molecule has 3 rings (SSSR count). The number of rotatable bonds is 5. The van der Waals surface area contributed by atoms with Crippen molar-refractivity contribution in [2.45, 2.75) is 20.0 Å². The Morgan fingerprint density at radius 1 is 0.964 bits per heavy atom. The van der Waals surface area contributed by atoms with E-state index in [1.807, 2.05) is 60.7 Å². The second kappa shape index (κ2) is 8.64. The Bertz CT molecular complexity index is 1020. The monoisotopic (exact) mass is 373 g/mol. The highest BCUT2D eigenvalue weighted by Crippen LogP contribution is 2.17. The summed E-state index contributed by atoms with van der Waals surface area (Å²) in [5, 5.41) is 19.0. The number of benzene rings is 2. The van der Waals surface area contributed by atoms with Crippen molar-refractivity contribution in [1.29, 1.82) is 5.26 Å². The molecule has 7 heteroatoms.